The Morgan fingerprint density at radius 3 is 0.452 bits per heavy atom. The molecule has 0 fully saturated rings. The monoisotopic (exact) mass is 650 g/mol. The Balaban J connectivity index is -0.000000273. The quantitative estimate of drug-likeness (QED) is 0.147. The van der Waals surface area contributed by atoms with E-state index in [9.17, 15) is 0 Å². The second-order valence-electron chi connectivity index (χ2n) is 11.7. The molecular weight excluding hydrogens is 579 g/mol. The lowest BCUT2D eigenvalue weighted by atomic mass is 10.1. The molecule has 0 aromatic carbocycles. The van der Waals surface area contributed by atoms with Crippen LogP contribution in [0.2, 0.25) is 0 Å². The molecule has 0 saturated heterocycles. The van der Waals surface area contributed by atoms with Crippen LogP contribution in [0.1, 0.15) is 158 Å². The summed E-state index contributed by atoms with van der Waals surface area (Å²) in [7, 11) is -5.70. The third-order valence-corrected chi connectivity index (χ3v) is 7.89. The Morgan fingerprint density at radius 2 is 0.381 bits per heavy atom. The Morgan fingerprint density at radius 1 is 0.286 bits per heavy atom. The molecule has 0 N–H and O–H groups in total. The van der Waals surface area contributed by atoms with Crippen molar-refractivity contribution in [2.45, 2.75) is 158 Å². The van der Waals surface area contributed by atoms with Gasteiger partial charge in [-0.25, -0.2) is 0 Å². The largest absolute Gasteiger partial charge is 0.357 e. The van der Waals surface area contributed by atoms with Gasteiger partial charge in [0.1, 0.15) is 0 Å². The molecule has 0 unspecified atom stereocenters. The lowest BCUT2D eigenvalue weighted by Gasteiger charge is -2.39. The number of unbranched alkanes of at least 4 members (excludes halogenated alkanes) is 8. The van der Waals surface area contributed by atoms with Gasteiger partial charge in [0.05, 0.1) is 73.9 Å². The van der Waals surface area contributed by atoms with Crippen molar-refractivity contribution in [3.8, 4) is 0 Å². The number of nitrogens with zero attached hydrogens (tertiary/aromatic N) is 2. The van der Waals surface area contributed by atoms with Crippen LogP contribution in [-0.2, 0) is 0 Å². The molecule has 0 spiro atoms. The predicted octanol–water partition coefficient (Wildman–Crippen LogP) is 2.87. The first kappa shape index (κ1) is 49.1. The Bertz CT molecular complexity index is 369. The van der Waals surface area contributed by atoms with Gasteiger partial charge >= 0.3 is 0 Å². The van der Waals surface area contributed by atoms with E-state index in [-0.39, 0.29) is 0 Å². The third-order valence-electron chi connectivity index (χ3n) is 7.89. The summed E-state index contributed by atoms with van der Waals surface area (Å²) >= 11 is 0. The fourth-order valence-electron chi connectivity index (χ4n) is 5.29. The molecule has 42 heavy (non-hydrogen) atoms. The van der Waals surface area contributed by atoms with Crippen LogP contribution in [0, 0.1) is 21.6 Å². The zero-order valence-corrected chi connectivity index (χ0v) is 30.6. The molecule has 0 aliphatic heterocycles. The van der Waals surface area contributed by atoms with Crippen LogP contribution in [0.15, 0.2) is 0 Å². The molecule has 10 heteroatoms. The van der Waals surface area contributed by atoms with E-state index in [4.69, 9.17) is 28.0 Å². The maximum Gasteiger partial charge on any atom is 0.0786 e. The molecule has 0 atom stereocenters. The smallest absolute Gasteiger partial charge is 0.0786 e. The van der Waals surface area contributed by atoms with Crippen molar-refractivity contribution in [2.75, 3.05) is 52.4 Å². The van der Waals surface area contributed by atoms with Gasteiger partial charge in [-0.2, -0.15) is 0 Å². The average Bonchev–Trinajstić information content (AvgIpc) is 2.95. The Kier molecular flexibility index (Phi) is 43.8. The molecule has 0 aromatic rings. The van der Waals surface area contributed by atoms with Crippen molar-refractivity contribution in [2.24, 2.45) is 0 Å². The summed E-state index contributed by atoms with van der Waals surface area (Å²) < 4.78 is 53.3. The highest BCUT2D eigenvalue weighted by Crippen LogP contribution is 2.17. The molecule has 0 amide bonds. The number of hydrogen-bond acceptors (Lipinski definition) is 6. The van der Waals surface area contributed by atoms with Gasteiger partial charge in [-0.15, -0.1) is 0 Å². The highest BCUT2D eigenvalue weighted by molar-refractivity contribution is 4.50. The van der Waals surface area contributed by atoms with Gasteiger partial charge in [0, 0.05) is 0 Å². The first-order valence-corrected chi connectivity index (χ1v) is 19.0. The molecule has 0 aromatic heterocycles. The summed E-state index contributed by atoms with van der Waals surface area (Å²) in [5, 5.41) is 0. The lowest BCUT2D eigenvalue weighted by Crippen LogP contribution is -2.50. The second-order valence-corrected chi connectivity index (χ2v) is 12.4. The van der Waals surface area contributed by atoms with Crippen molar-refractivity contribution < 1.29 is 58.5 Å². The fraction of sp³-hybridized carbons (Fsp3) is 1.00. The standard InChI is InChI=1S/2C16H36N.2ClO3/c2*1-5-9-13-17(14-10-6-2,15-11-7-3)16-12-8-4;2*2-1(3)4/h2*5-16H2,1-4H3;;/q2*+1;2*-1. The highest BCUT2D eigenvalue weighted by atomic mass is 35.6. The summed E-state index contributed by atoms with van der Waals surface area (Å²) in [5.41, 5.74) is 0. The lowest BCUT2D eigenvalue weighted by molar-refractivity contribution is -1.73. The van der Waals surface area contributed by atoms with Gasteiger partial charge in [0.15, 0.2) is 0 Å². The molecule has 0 saturated carbocycles. The minimum atomic E-state index is -2.85. The molecule has 0 aliphatic rings. The van der Waals surface area contributed by atoms with E-state index in [1.807, 2.05) is 0 Å². The van der Waals surface area contributed by atoms with E-state index in [0.29, 0.717) is 0 Å². The topological polar surface area (TPSA) is 138 Å². The van der Waals surface area contributed by atoms with Crippen molar-refractivity contribution in [1.29, 1.82) is 0 Å². The SMILES string of the molecule is CCCC[N+](CCCC)(CCCC)CCCC.CCCC[N+](CCCC)(CCCC)CCCC.[O-][Cl+2]([O-])[O-].[O-][Cl+2]([O-])[O-]. The molecule has 8 nitrogen and oxygen atoms in total. The van der Waals surface area contributed by atoms with Crippen LogP contribution in [0.3, 0.4) is 0 Å². The fourth-order valence-corrected chi connectivity index (χ4v) is 5.29. The van der Waals surface area contributed by atoms with E-state index in [2.05, 4.69) is 55.4 Å². The molecule has 0 heterocycles. The zero-order chi connectivity index (χ0) is 33.1. The van der Waals surface area contributed by atoms with Crippen molar-refractivity contribution >= 4 is 0 Å². The van der Waals surface area contributed by atoms with Crippen molar-refractivity contribution in [3.05, 3.63) is 0 Å². The van der Waals surface area contributed by atoms with Gasteiger partial charge in [0.2, 0.25) is 0 Å². The van der Waals surface area contributed by atoms with E-state index < -0.39 is 21.6 Å². The normalized spacial score (nSPS) is 11.4. The van der Waals surface area contributed by atoms with Crippen molar-refractivity contribution in [3.63, 3.8) is 0 Å². The first-order chi connectivity index (χ1) is 19.9. The summed E-state index contributed by atoms with van der Waals surface area (Å²) in [6, 6.07) is 0. The van der Waals surface area contributed by atoms with Crippen LogP contribution in [0.25, 0.3) is 0 Å². The third kappa shape index (κ3) is 38.3. The van der Waals surface area contributed by atoms with Crippen LogP contribution in [0.5, 0.6) is 0 Å². The van der Waals surface area contributed by atoms with Crippen LogP contribution < -0.4 is 28.0 Å². The van der Waals surface area contributed by atoms with Crippen molar-refractivity contribution in [1.82, 2.24) is 0 Å². The molecule has 260 valence electrons. The molecule has 0 aliphatic carbocycles. The van der Waals surface area contributed by atoms with Gasteiger partial charge in [-0.05, 0) is 51.4 Å². The molecular formula is C32H72Cl2N2O6. The minimum Gasteiger partial charge on any atom is -0.357 e. The number of quaternary nitrogens is 2. The van der Waals surface area contributed by atoms with Gasteiger partial charge < -0.3 is 36.9 Å². The van der Waals surface area contributed by atoms with E-state index in [1.165, 1.54) is 164 Å². The minimum absolute atomic E-state index is 1.35. The van der Waals surface area contributed by atoms with Gasteiger partial charge in [0.25, 0.3) is 0 Å². The zero-order valence-electron chi connectivity index (χ0n) is 29.1. The summed E-state index contributed by atoms with van der Waals surface area (Å²) in [6.07, 6.45) is 22.1. The average molecular weight is 652 g/mol. The van der Waals surface area contributed by atoms with Crippen LogP contribution in [-0.4, -0.2) is 61.3 Å². The summed E-state index contributed by atoms with van der Waals surface area (Å²) in [6.45, 7) is 30.0. The van der Waals surface area contributed by atoms with Crippen LogP contribution >= 0.6 is 0 Å². The van der Waals surface area contributed by atoms with Crippen LogP contribution in [0.4, 0.5) is 0 Å². The Labute approximate surface area is 268 Å². The second kappa shape index (κ2) is 37.4. The number of hydrogen-bond donors (Lipinski definition) is 0. The highest BCUT2D eigenvalue weighted by Gasteiger charge is 2.25. The maximum atomic E-state index is 8.41. The Hall–Kier alpha value is 0.260. The van der Waals surface area contributed by atoms with E-state index >= 15 is 0 Å². The van der Waals surface area contributed by atoms with E-state index in [0.717, 1.165) is 0 Å². The summed E-state index contributed by atoms with van der Waals surface area (Å²) in [5.74, 6) is 0. The predicted molar refractivity (Wildman–Crippen MR) is 159 cm³/mol. The maximum absolute atomic E-state index is 8.41. The molecule has 0 bridgehead atoms. The number of rotatable bonds is 24. The number of halogens is 2. The van der Waals surface area contributed by atoms with E-state index in [1.54, 1.807) is 0 Å². The first-order valence-electron chi connectivity index (χ1n) is 17.1. The summed E-state index contributed by atoms with van der Waals surface area (Å²) in [4.78, 5) is 0. The molecule has 0 rings (SSSR count). The van der Waals surface area contributed by atoms with Gasteiger partial charge in [-0.1, -0.05) is 107 Å². The molecule has 0 radical (unpaired) electrons. The van der Waals surface area contributed by atoms with Gasteiger partial charge in [-0.3, -0.25) is 0 Å².